The molecule has 0 spiro atoms. The summed E-state index contributed by atoms with van der Waals surface area (Å²) >= 11 is 0. The predicted molar refractivity (Wildman–Crippen MR) is 70.8 cm³/mol. The lowest BCUT2D eigenvalue weighted by atomic mass is 9.84. The van der Waals surface area contributed by atoms with Crippen LogP contribution in [0.3, 0.4) is 0 Å². The minimum atomic E-state index is -0.140. The van der Waals surface area contributed by atoms with Crippen molar-refractivity contribution in [2.75, 3.05) is 6.54 Å². The van der Waals surface area contributed by atoms with Crippen molar-refractivity contribution in [3.05, 3.63) is 0 Å². The zero-order valence-electron chi connectivity index (χ0n) is 11.4. The Kier molecular flexibility index (Phi) is 6.12. The highest BCUT2D eigenvalue weighted by Gasteiger charge is 2.21. The van der Waals surface area contributed by atoms with Crippen LogP contribution in [0.15, 0.2) is 0 Å². The largest absolute Gasteiger partial charge is 0.352 e. The fourth-order valence-electron chi connectivity index (χ4n) is 2.40. The van der Waals surface area contributed by atoms with E-state index in [1.807, 2.05) is 13.8 Å². The lowest BCUT2D eigenvalue weighted by molar-refractivity contribution is -0.127. The Balaban J connectivity index is 2.19. The fourth-order valence-corrected chi connectivity index (χ4v) is 2.40. The summed E-state index contributed by atoms with van der Waals surface area (Å²) in [6.07, 6.45) is 4.65. The Bertz CT molecular complexity index is 292. The summed E-state index contributed by atoms with van der Waals surface area (Å²) in [6, 6.07) is 0.339. The lowest BCUT2D eigenvalue weighted by Crippen LogP contribution is -2.40. The Morgan fingerprint density at radius 1 is 1.28 bits per heavy atom. The highest BCUT2D eigenvalue weighted by Crippen LogP contribution is 2.25. The molecule has 5 nitrogen and oxygen atoms in total. The molecule has 1 saturated carbocycles. The quantitative estimate of drug-likeness (QED) is 0.670. The smallest absolute Gasteiger partial charge is 0.239 e. The second-order valence-corrected chi connectivity index (χ2v) is 5.50. The summed E-state index contributed by atoms with van der Waals surface area (Å²) in [4.78, 5) is 23.0. The SMILES string of the molecule is CC(C)NC(=O)CNC(=O)CC1CCCC(N)C1. The number of nitrogens with two attached hydrogens (primary N) is 1. The minimum absolute atomic E-state index is 0.0481. The monoisotopic (exact) mass is 255 g/mol. The third-order valence-corrected chi connectivity index (χ3v) is 3.19. The number of hydrogen-bond donors (Lipinski definition) is 3. The van der Waals surface area contributed by atoms with Gasteiger partial charge >= 0.3 is 0 Å². The first kappa shape index (κ1) is 15.0. The van der Waals surface area contributed by atoms with Crippen LogP contribution in [0.1, 0.15) is 46.0 Å². The van der Waals surface area contributed by atoms with Gasteiger partial charge in [-0.15, -0.1) is 0 Å². The molecule has 104 valence electrons. The molecule has 1 aliphatic rings. The van der Waals surface area contributed by atoms with Gasteiger partial charge in [-0.2, -0.15) is 0 Å². The van der Waals surface area contributed by atoms with Crippen LogP contribution in [0, 0.1) is 5.92 Å². The first-order chi connectivity index (χ1) is 8.47. The fraction of sp³-hybridized carbons (Fsp3) is 0.846. The Morgan fingerprint density at radius 3 is 2.61 bits per heavy atom. The number of rotatable bonds is 5. The molecule has 2 atom stereocenters. The Hall–Kier alpha value is -1.10. The summed E-state index contributed by atoms with van der Waals surface area (Å²) in [5.41, 5.74) is 5.88. The number of carbonyl (C=O) groups excluding carboxylic acids is 2. The molecule has 5 heteroatoms. The van der Waals surface area contributed by atoms with Gasteiger partial charge in [0.2, 0.25) is 11.8 Å². The van der Waals surface area contributed by atoms with Gasteiger partial charge < -0.3 is 16.4 Å². The van der Waals surface area contributed by atoms with Gasteiger partial charge in [-0.1, -0.05) is 6.42 Å². The predicted octanol–water partition coefficient (Wildman–Crippen LogP) is 0.535. The minimum Gasteiger partial charge on any atom is -0.352 e. The first-order valence-electron chi connectivity index (χ1n) is 6.79. The molecule has 1 fully saturated rings. The molecular formula is C13H25N3O2. The van der Waals surface area contributed by atoms with E-state index in [1.165, 1.54) is 0 Å². The van der Waals surface area contributed by atoms with Crippen LogP contribution >= 0.6 is 0 Å². The maximum Gasteiger partial charge on any atom is 0.239 e. The summed E-state index contributed by atoms with van der Waals surface area (Å²) in [5, 5.41) is 5.39. The number of carbonyl (C=O) groups is 2. The van der Waals surface area contributed by atoms with Gasteiger partial charge in [0.25, 0.3) is 0 Å². The van der Waals surface area contributed by atoms with Gasteiger partial charge in [0.15, 0.2) is 0 Å². The average molecular weight is 255 g/mol. The van der Waals surface area contributed by atoms with Crippen molar-refractivity contribution in [1.29, 1.82) is 0 Å². The van der Waals surface area contributed by atoms with Gasteiger partial charge in [-0.3, -0.25) is 9.59 Å². The molecule has 0 saturated heterocycles. The van der Waals surface area contributed by atoms with Crippen molar-refractivity contribution in [1.82, 2.24) is 10.6 Å². The molecule has 2 unspecified atom stereocenters. The van der Waals surface area contributed by atoms with Crippen LogP contribution in [0.2, 0.25) is 0 Å². The highest BCUT2D eigenvalue weighted by atomic mass is 16.2. The van der Waals surface area contributed by atoms with E-state index < -0.39 is 0 Å². The lowest BCUT2D eigenvalue weighted by Gasteiger charge is -2.26. The molecule has 2 amide bonds. The highest BCUT2D eigenvalue weighted by molar-refractivity contribution is 5.84. The zero-order valence-corrected chi connectivity index (χ0v) is 11.4. The second-order valence-electron chi connectivity index (χ2n) is 5.50. The molecule has 0 heterocycles. The van der Waals surface area contributed by atoms with Crippen molar-refractivity contribution in [3.63, 3.8) is 0 Å². The molecule has 1 rings (SSSR count). The first-order valence-corrected chi connectivity index (χ1v) is 6.79. The van der Waals surface area contributed by atoms with Crippen LogP contribution in [0.4, 0.5) is 0 Å². The average Bonchev–Trinajstić information content (AvgIpc) is 2.25. The molecule has 4 N–H and O–H groups in total. The molecule has 0 radical (unpaired) electrons. The van der Waals surface area contributed by atoms with Gasteiger partial charge in [0.1, 0.15) is 0 Å². The van der Waals surface area contributed by atoms with Crippen LogP contribution < -0.4 is 16.4 Å². The summed E-state index contributed by atoms with van der Waals surface area (Å²) in [7, 11) is 0. The van der Waals surface area contributed by atoms with Gasteiger partial charge in [-0.25, -0.2) is 0 Å². The number of hydrogen-bond acceptors (Lipinski definition) is 3. The van der Waals surface area contributed by atoms with E-state index in [0.717, 1.165) is 25.7 Å². The van der Waals surface area contributed by atoms with E-state index in [2.05, 4.69) is 10.6 Å². The van der Waals surface area contributed by atoms with Crippen LogP contribution in [-0.4, -0.2) is 30.4 Å². The van der Waals surface area contributed by atoms with Gasteiger partial charge in [-0.05, 0) is 39.0 Å². The van der Waals surface area contributed by atoms with Crippen LogP contribution in [0.5, 0.6) is 0 Å². The molecular weight excluding hydrogens is 230 g/mol. The maximum atomic E-state index is 11.7. The van der Waals surface area contributed by atoms with E-state index in [9.17, 15) is 9.59 Å². The molecule has 0 aromatic rings. The zero-order chi connectivity index (χ0) is 13.5. The molecule has 1 aliphatic carbocycles. The Morgan fingerprint density at radius 2 is 2.00 bits per heavy atom. The normalized spacial score (nSPS) is 23.8. The molecule has 18 heavy (non-hydrogen) atoms. The van der Waals surface area contributed by atoms with Crippen molar-refractivity contribution in [3.8, 4) is 0 Å². The van der Waals surface area contributed by atoms with E-state index >= 15 is 0 Å². The molecule has 0 aromatic heterocycles. The third-order valence-electron chi connectivity index (χ3n) is 3.19. The van der Waals surface area contributed by atoms with E-state index in [-0.39, 0.29) is 30.4 Å². The van der Waals surface area contributed by atoms with Crippen molar-refractivity contribution in [2.24, 2.45) is 11.7 Å². The molecule has 0 aromatic carbocycles. The maximum absolute atomic E-state index is 11.7. The Labute approximate surface area is 109 Å². The second kappa shape index (κ2) is 7.36. The summed E-state index contributed by atoms with van der Waals surface area (Å²) in [5.74, 6) is 0.189. The molecule has 0 aliphatic heterocycles. The van der Waals surface area contributed by atoms with Gasteiger partial charge in [0, 0.05) is 18.5 Å². The third kappa shape index (κ3) is 6.00. The standard InChI is InChI=1S/C13H25N3O2/c1-9(2)16-13(18)8-15-12(17)7-10-4-3-5-11(14)6-10/h9-11H,3-8,14H2,1-2H3,(H,15,17)(H,16,18). The summed E-state index contributed by atoms with van der Waals surface area (Å²) in [6.45, 7) is 3.85. The van der Waals surface area contributed by atoms with E-state index in [0.29, 0.717) is 12.3 Å². The van der Waals surface area contributed by atoms with E-state index in [4.69, 9.17) is 5.73 Å². The number of amides is 2. The van der Waals surface area contributed by atoms with Crippen molar-refractivity contribution < 1.29 is 9.59 Å². The summed E-state index contributed by atoms with van der Waals surface area (Å²) < 4.78 is 0. The van der Waals surface area contributed by atoms with Crippen molar-refractivity contribution >= 4 is 11.8 Å². The molecule has 0 bridgehead atoms. The van der Waals surface area contributed by atoms with Gasteiger partial charge in [0.05, 0.1) is 6.54 Å². The topological polar surface area (TPSA) is 84.2 Å². The van der Waals surface area contributed by atoms with Crippen molar-refractivity contribution in [2.45, 2.75) is 58.0 Å². The van der Waals surface area contributed by atoms with Crippen LogP contribution in [0.25, 0.3) is 0 Å². The van der Waals surface area contributed by atoms with Crippen LogP contribution in [-0.2, 0) is 9.59 Å². The van der Waals surface area contributed by atoms with E-state index in [1.54, 1.807) is 0 Å². The number of nitrogens with one attached hydrogen (secondary N) is 2.